The van der Waals surface area contributed by atoms with E-state index in [-0.39, 0.29) is 0 Å². The van der Waals surface area contributed by atoms with Crippen LogP contribution in [-0.4, -0.2) is 35.7 Å². The van der Waals surface area contributed by atoms with E-state index >= 15 is 0 Å². The van der Waals surface area contributed by atoms with Crippen LogP contribution in [0.3, 0.4) is 0 Å². The molecule has 1 atom stereocenters. The van der Waals surface area contributed by atoms with E-state index in [1.165, 1.54) is 45.2 Å². The summed E-state index contributed by atoms with van der Waals surface area (Å²) in [7, 11) is 0. The van der Waals surface area contributed by atoms with E-state index in [1.54, 1.807) is 0 Å². The maximum absolute atomic E-state index is 8.61. The van der Waals surface area contributed by atoms with Gasteiger partial charge in [0.1, 0.15) is 0 Å². The number of rotatable bonds is 6. The van der Waals surface area contributed by atoms with E-state index in [4.69, 9.17) is 5.11 Å². The van der Waals surface area contributed by atoms with Crippen molar-refractivity contribution >= 4 is 0 Å². The Morgan fingerprint density at radius 3 is 2.62 bits per heavy atom. The van der Waals surface area contributed by atoms with Crippen LogP contribution in [-0.2, 0) is 0 Å². The number of nitrogens with zero attached hydrogens (tertiary/aromatic N) is 1. The minimum absolute atomic E-state index is 0.361. The lowest BCUT2D eigenvalue weighted by Crippen LogP contribution is -2.27. The first-order valence-corrected chi connectivity index (χ1v) is 5.69. The molecule has 1 unspecified atom stereocenters. The van der Waals surface area contributed by atoms with Gasteiger partial charge in [0.05, 0.1) is 0 Å². The molecule has 1 N–H and O–H groups in total. The van der Waals surface area contributed by atoms with Crippen LogP contribution in [0.2, 0.25) is 0 Å². The fourth-order valence-electron chi connectivity index (χ4n) is 2.11. The zero-order valence-corrected chi connectivity index (χ0v) is 8.84. The summed E-state index contributed by atoms with van der Waals surface area (Å²) in [5.41, 5.74) is 0. The third-order valence-corrected chi connectivity index (χ3v) is 3.04. The minimum Gasteiger partial charge on any atom is -0.396 e. The molecule has 0 spiro atoms. The zero-order chi connectivity index (χ0) is 9.52. The predicted molar refractivity (Wildman–Crippen MR) is 55.8 cm³/mol. The molecule has 13 heavy (non-hydrogen) atoms. The second kappa shape index (κ2) is 6.39. The van der Waals surface area contributed by atoms with E-state index in [2.05, 4.69) is 11.8 Å². The van der Waals surface area contributed by atoms with Gasteiger partial charge >= 0.3 is 0 Å². The molecule has 1 fully saturated rings. The minimum atomic E-state index is 0.361. The largest absolute Gasteiger partial charge is 0.396 e. The van der Waals surface area contributed by atoms with Crippen molar-refractivity contribution in [3.05, 3.63) is 0 Å². The topological polar surface area (TPSA) is 23.5 Å². The van der Waals surface area contributed by atoms with Gasteiger partial charge in [-0.2, -0.15) is 0 Å². The summed E-state index contributed by atoms with van der Waals surface area (Å²) in [4.78, 5) is 2.60. The van der Waals surface area contributed by atoms with Gasteiger partial charge in [0, 0.05) is 12.6 Å². The zero-order valence-electron chi connectivity index (χ0n) is 8.84. The monoisotopic (exact) mass is 185 g/mol. The predicted octanol–water partition coefficient (Wildman–Crippen LogP) is 2.02. The molecule has 1 rings (SSSR count). The number of aliphatic hydroxyl groups excluding tert-OH is 1. The van der Waals surface area contributed by atoms with Gasteiger partial charge < -0.3 is 10.0 Å². The summed E-state index contributed by atoms with van der Waals surface area (Å²) in [6, 6.07) is 0.817. The average Bonchev–Trinajstić information content (AvgIpc) is 2.52. The fraction of sp³-hybridized carbons (Fsp3) is 1.00. The van der Waals surface area contributed by atoms with Crippen molar-refractivity contribution in [1.82, 2.24) is 4.90 Å². The molecule has 0 aromatic heterocycles. The summed E-state index contributed by atoms with van der Waals surface area (Å²) < 4.78 is 0. The van der Waals surface area contributed by atoms with Crippen molar-refractivity contribution in [3.8, 4) is 0 Å². The Bertz CT molecular complexity index is 127. The van der Waals surface area contributed by atoms with Gasteiger partial charge in [0.25, 0.3) is 0 Å². The number of likely N-dealkylation sites (tertiary alicyclic amines) is 1. The highest BCUT2D eigenvalue weighted by Crippen LogP contribution is 2.16. The highest BCUT2D eigenvalue weighted by molar-refractivity contribution is 4.74. The average molecular weight is 185 g/mol. The van der Waals surface area contributed by atoms with Crippen LogP contribution in [0, 0.1) is 0 Å². The molecule has 0 amide bonds. The molecular formula is C11H23NO. The molecule has 0 saturated carbocycles. The van der Waals surface area contributed by atoms with Crippen LogP contribution in [0.1, 0.15) is 45.4 Å². The standard InChI is InChI=1S/C11H23NO/c1-11-7-6-9-12(11)8-4-2-3-5-10-13/h11,13H,2-10H2,1H3. The Morgan fingerprint density at radius 1 is 1.23 bits per heavy atom. The lowest BCUT2D eigenvalue weighted by atomic mass is 10.2. The van der Waals surface area contributed by atoms with Gasteiger partial charge in [0.2, 0.25) is 0 Å². The van der Waals surface area contributed by atoms with Crippen LogP contribution in [0.25, 0.3) is 0 Å². The molecule has 2 heteroatoms. The number of unbranched alkanes of at least 4 members (excludes halogenated alkanes) is 3. The molecule has 0 aliphatic carbocycles. The van der Waals surface area contributed by atoms with E-state index in [9.17, 15) is 0 Å². The molecule has 1 heterocycles. The Labute approximate surface area is 81.9 Å². The first-order valence-electron chi connectivity index (χ1n) is 5.69. The second-order valence-electron chi connectivity index (χ2n) is 4.17. The third kappa shape index (κ3) is 4.10. The highest BCUT2D eigenvalue weighted by Gasteiger charge is 2.18. The Morgan fingerprint density at radius 2 is 2.00 bits per heavy atom. The van der Waals surface area contributed by atoms with Crippen molar-refractivity contribution < 1.29 is 5.11 Å². The number of aliphatic hydroxyl groups is 1. The fourth-order valence-corrected chi connectivity index (χ4v) is 2.11. The highest BCUT2D eigenvalue weighted by atomic mass is 16.2. The Balaban J connectivity index is 1.93. The lowest BCUT2D eigenvalue weighted by Gasteiger charge is -2.20. The van der Waals surface area contributed by atoms with Crippen LogP contribution in [0.5, 0.6) is 0 Å². The molecule has 0 aromatic rings. The van der Waals surface area contributed by atoms with Crippen molar-refractivity contribution in [3.63, 3.8) is 0 Å². The summed E-state index contributed by atoms with van der Waals surface area (Å²) >= 11 is 0. The maximum atomic E-state index is 8.61. The van der Waals surface area contributed by atoms with E-state index < -0.39 is 0 Å². The molecule has 0 aromatic carbocycles. The SMILES string of the molecule is CC1CCCN1CCCCCCO. The molecule has 0 radical (unpaired) electrons. The molecule has 1 saturated heterocycles. The Hall–Kier alpha value is -0.0800. The lowest BCUT2D eigenvalue weighted by molar-refractivity contribution is 0.255. The first-order chi connectivity index (χ1) is 6.34. The first kappa shape index (κ1) is 11.0. The molecule has 2 nitrogen and oxygen atoms in total. The normalized spacial score (nSPS) is 24.0. The van der Waals surface area contributed by atoms with Crippen molar-refractivity contribution in [2.24, 2.45) is 0 Å². The second-order valence-corrected chi connectivity index (χ2v) is 4.17. The Kier molecular flexibility index (Phi) is 5.40. The molecule has 1 aliphatic rings. The van der Waals surface area contributed by atoms with E-state index in [0.717, 1.165) is 12.5 Å². The molecule has 0 bridgehead atoms. The van der Waals surface area contributed by atoms with Gasteiger partial charge in [-0.1, -0.05) is 12.8 Å². The van der Waals surface area contributed by atoms with Crippen molar-refractivity contribution in [1.29, 1.82) is 0 Å². The van der Waals surface area contributed by atoms with E-state index in [1.807, 2.05) is 0 Å². The summed E-state index contributed by atoms with van der Waals surface area (Å²) in [6.45, 7) is 5.27. The van der Waals surface area contributed by atoms with E-state index in [0.29, 0.717) is 6.61 Å². The van der Waals surface area contributed by atoms with Crippen molar-refractivity contribution in [2.75, 3.05) is 19.7 Å². The van der Waals surface area contributed by atoms with Gasteiger partial charge in [-0.05, 0) is 45.7 Å². The van der Waals surface area contributed by atoms with Crippen LogP contribution in [0.4, 0.5) is 0 Å². The maximum Gasteiger partial charge on any atom is 0.0431 e. The van der Waals surface area contributed by atoms with Gasteiger partial charge in [-0.3, -0.25) is 0 Å². The van der Waals surface area contributed by atoms with Crippen LogP contribution >= 0.6 is 0 Å². The molecule has 1 aliphatic heterocycles. The number of hydrogen-bond donors (Lipinski definition) is 1. The number of hydrogen-bond acceptors (Lipinski definition) is 2. The van der Waals surface area contributed by atoms with Crippen LogP contribution in [0.15, 0.2) is 0 Å². The smallest absolute Gasteiger partial charge is 0.0431 e. The third-order valence-electron chi connectivity index (χ3n) is 3.04. The van der Waals surface area contributed by atoms with Gasteiger partial charge in [0.15, 0.2) is 0 Å². The summed E-state index contributed by atoms with van der Waals surface area (Å²) in [5, 5.41) is 8.61. The molecule has 78 valence electrons. The quantitative estimate of drug-likeness (QED) is 0.640. The summed E-state index contributed by atoms with van der Waals surface area (Å²) in [6.07, 6.45) is 7.54. The van der Waals surface area contributed by atoms with Gasteiger partial charge in [-0.15, -0.1) is 0 Å². The summed E-state index contributed by atoms with van der Waals surface area (Å²) in [5.74, 6) is 0. The molecular weight excluding hydrogens is 162 g/mol. The van der Waals surface area contributed by atoms with Gasteiger partial charge in [-0.25, -0.2) is 0 Å². The van der Waals surface area contributed by atoms with Crippen molar-refractivity contribution in [2.45, 2.75) is 51.5 Å². The van der Waals surface area contributed by atoms with Crippen LogP contribution < -0.4 is 0 Å².